The molecule has 16 heavy (non-hydrogen) atoms. The Kier molecular flexibility index (Phi) is 4.17. The number of rotatable bonds is 4. The first kappa shape index (κ1) is 11.4. The third kappa shape index (κ3) is 3.21. The monoisotopic (exact) mass is 215 g/mol. The summed E-state index contributed by atoms with van der Waals surface area (Å²) in [5.41, 5.74) is 2.80. The van der Waals surface area contributed by atoms with Crippen LogP contribution in [0.1, 0.15) is 30.4 Å². The molecule has 1 aliphatic rings. The molecule has 1 heteroatoms. The molecule has 0 bridgehead atoms. The summed E-state index contributed by atoms with van der Waals surface area (Å²) < 4.78 is 0. The predicted molar refractivity (Wildman–Crippen MR) is 69.5 cm³/mol. The molecule has 0 aromatic heterocycles. The Hall–Kier alpha value is -1.08. The van der Waals surface area contributed by atoms with E-state index in [2.05, 4.69) is 35.7 Å². The van der Waals surface area contributed by atoms with Gasteiger partial charge >= 0.3 is 0 Å². The first-order valence-electron chi connectivity index (χ1n) is 6.29. The van der Waals surface area contributed by atoms with Crippen LogP contribution in [0.5, 0.6) is 0 Å². The van der Waals surface area contributed by atoms with E-state index in [1.807, 2.05) is 6.08 Å². The maximum Gasteiger partial charge on any atom is 0.0233 e. The van der Waals surface area contributed by atoms with Crippen LogP contribution >= 0.6 is 0 Å². The maximum absolute atomic E-state index is 3.76. The van der Waals surface area contributed by atoms with E-state index in [1.165, 1.54) is 43.5 Å². The first-order chi connectivity index (χ1) is 7.88. The summed E-state index contributed by atoms with van der Waals surface area (Å²) in [4.78, 5) is 2.56. The van der Waals surface area contributed by atoms with Gasteiger partial charge in [0.15, 0.2) is 0 Å². The largest absolute Gasteiger partial charge is 0.299 e. The molecular formula is C15H21N. The van der Waals surface area contributed by atoms with Crippen LogP contribution in [0.25, 0.3) is 0 Å². The first-order valence-corrected chi connectivity index (χ1v) is 6.29. The molecule has 1 aliphatic heterocycles. The fourth-order valence-corrected chi connectivity index (χ4v) is 2.32. The summed E-state index contributed by atoms with van der Waals surface area (Å²) in [7, 11) is 0. The Bertz CT molecular complexity index is 320. The number of piperidine rings is 1. The molecule has 0 amide bonds. The minimum absolute atomic E-state index is 0.976. The van der Waals surface area contributed by atoms with Gasteiger partial charge in [0.1, 0.15) is 0 Å². The highest BCUT2D eigenvalue weighted by Crippen LogP contribution is 2.13. The quantitative estimate of drug-likeness (QED) is 0.696. The van der Waals surface area contributed by atoms with E-state index < -0.39 is 0 Å². The van der Waals surface area contributed by atoms with Gasteiger partial charge in [-0.1, -0.05) is 36.8 Å². The lowest BCUT2D eigenvalue weighted by Crippen LogP contribution is -2.29. The van der Waals surface area contributed by atoms with Crippen LogP contribution in [0.2, 0.25) is 0 Å². The molecule has 1 aromatic rings. The van der Waals surface area contributed by atoms with Gasteiger partial charge in [-0.15, -0.1) is 6.58 Å². The van der Waals surface area contributed by atoms with Crippen molar-refractivity contribution in [3.05, 3.63) is 48.0 Å². The van der Waals surface area contributed by atoms with Crippen LogP contribution in [0, 0.1) is 0 Å². The Morgan fingerprint density at radius 2 is 1.62 bits per heavy atom. The van der Waals surface area contributed by atoms with Crippen molar-refractivity contribution in [2.75, 3.05) is 13.1 Å². The van der Waals surface area contributed by atoms with Gasteiger partial charge in [0.25, 0.3) is 0 Å². The van der Waals surface area contributed by atoms with Crippen LogP contribution in [0.4, 0.5) is 0 Å². The lowest BCUT2D eigenvalue weighted by Gasteiger charge is -2.26. The SMILES string of the molecule is C=CCc1ccc(CN2CCCCC2)cc1. The van der Waals surface area contributed by atoms with Gasteiger partial charge in [-0.3, -0.25) is 4.90 Å². The molecule has 1 nitrogen and oxygen atoms in total. The fourth-order valence-electron chi connectivity index (χ4n) is 2.32. The van der Waals surface area contributed by atoms with Crippen molar-refractivity contribution in [2.24, 2.45) is 0 Å². The maximum atomic E-state index is 3.76. The minimum atomic E-state index is 0.976. The predicted octanol–water partition coefficient (Wildman–Crippen LogP) is 3.40. The molecule has 0 spiro atoms. The van der Waals surface area contributed by atoms with Gasteiger partial charge in [0.2, 0.25) is 0 Å². The normalized spacial score (nSPS) is 17.2. The average Bonchev–Trinajstić information content (AvgIpc) is 2.33. The summed E-state index contributed by atoms with van der Waals surface area (Å²) in [5, 5.41) is 0. The number of nitrogens with zero attached hydrogens (tertiary/aromatic N) is 1. The van der Waals surface area contributed by atoms with Crippen molar-refractivity contribution < 1.29 is 0 Å². The van der Waals surface area contributed by atoms with Crippen molar-refractivity contribution >= 4 is 0 Å². The van der Waals surface area contributed by atoms with E-state index in [1.54, 1.807) is 0 Å². The third-order valence-electron chi connectivity index (χ3n) is 3.26. The van der Waals surface area contributed by atoms with Crippen molar-refractivity contribution in [3.63, 3.8) is 0 Å². The highest BCUT2D eigenvalue weighted by atomic mass is 15.1. The Morgan fingerprint density at radius 3 is 2.25 bits per heavy atom. The van der Waals surface area contributed by atoms with Gasteiger partial charge in [-0.2, -0.15) is 0 Å². The van der Waals surface area contributed by atoms with E-state index in [0.717, 1.165) is 13.0 Å². The molecular weight excluding hydrogens is 194 g/mol. The van der Waals surface area contributed by atoms with Crippen molar-refractivity contribution in [1.29, 1.82) is 0 Å². The third-order valence-corrected chi connectivity index (χ3v) is 3.26. The summed E-state index contributed by atoms with van der Waals surface area (Å²) in [6.07, 6.45) is 7.08. The van der Waals surface area contributed by atoms with Crippen molar-refractivity contribution in [3.8, 4) is 0 Å². The zero-order valence-electron chi connectivity index (χ0n) is 9.99. The second kappa shape index (κ2) is 5.86. The topological polar surface area (TPSA) is 3.24 Å². The molecule has 0 unspecified atom stereocenters. The second-order valence-electron chi connectivity index (χ2n) is 4.65. The van der Waals surface area contributed by atoms with Crippen molar-refractivity contribution in [1.82, 2.24) is 4.90 Å². The van der Waals surface area contributed by atoms with E-state index >= 15 is 0 Å². The minimum Gasteiger partial charge on any atom is -0.299 e. The van der Waals surface area contributed by atoms with Crippen LogP contribution < -0.4 is 0 Å². The van der Waals surface area contributed by atoms with E-state index in [-0.39, 0.29) is 0 Å². The zero-order chi connectivity index (χ0) is 11.2. The van der Waals surface area contributed by atoms with Gasteiger partial charge < -0.3 is 0 Å². The van der Waals surface area contributed by atoms with Crippen LogP contribution in [0.15, 0.2) is 36.9 Å². The molecule has 1 fully saturated rings. The molecule has 1 heterocycles. The summed E-state index contributed by atoms with van der Waals surface area (Å²) in [6, 6.07) is 8.96. The molecule has 0 aliphatic carbocycles. The Balaban J connectivity index is 1.90. The van der Waals surface area contributed by atoms with E-state index in [0.29, 0.717) is 0 Å². The number of hydrogen-bond acceptors (Lipinski definition) is 1. The second-order valence-corrected chi connectivity index (χ2v) is 4.65. The van der Waals surface area contributed by atoms with Crippen molar-refractivity contribution in [2.45, 2.75) is 32.2 Å². The molecule has 2 rings (SSSR count). The molecule has 0 saturated carbocycles. The molecule has 1 saturated heterocycles. The Labute approximate surface area is 98.8 Å². The molecule has 0 radical (unpaired) electrons. The molecule has 86 valence electrons. The molecule has 0 N–H and O–H groups in total. The lowest BCUT2D eigenvalue weighted by molar-refractivity contribution is 0.221. The van der Waals surface area contributed by atoms with Crippen LogP contribution in [-0.2, 0) is 13.0 Å². The van der Waals surface area contributed by atoms with Crippen LogP contribution in [0.3, 0.4) is 0 Å². The fraction of sp³-hybridized carbons (Fsp3) is 0.467. The van der Waals surface area contributed by atoms with Gasteiger partial charge in [-0.25, -0.2) is 0 Å². The van der Waals surface area contributed by atoms with Gasteiger partial charge in [0, 0.05) is 6.54 Å². The lowest BCUT2D eigenvalue weighted by atomic mass is 10.1. The zero-order valence-corrected chi connectivity index (χ0v) is 9.99. The van der Waals surface area contributed by atoms with E-state index in [4.69, 9.17) is 0 Å². The number of hydrogen-bond donors (Lipinski definition) is 0. The summed E-state index contributed by atoms with van der Waals surface area (Å²) in [6.45, 7) is 7.43. The summed E-state index contributed by atoms with van der Waals surface area (Å²) >= 11 is 0. The summed E-state index contributed by atoms with van der Waals surface area (Å²) in [5.74, 6) is 0. The van der Waals surface area contributed by atoms with E-state index in [9.17, 15) is 0 Å². The van der Waals surface area contributed by atoms with Gasteiger partial charge in [0.05, 0.1) is 0 Å². The van der Waals surface area contributed by atoms with Crippen LogP contribution in [-0.4, -0.2) is 18.0 Å². The molecule has 0 atom stereocenters. The average molecular weight is 215 g/mol. The number of likely N-dealkylation sites (tertiary alicyclic amines) is 1. The number of benzene rings is 1. The highest BCUT2D eigenvalue weighted by Gasteiger charge is 2.09. The van der Waals surface area contributed by atoms with Gasteiger partial charge in [-0.05, 0) is 43.5 Å². The highest BCUT2D eigenvalue weighted by molar-refractivity contribution is 5.23. The smallest absolute Gasteiger partial charge is 0.0233 e. The molecule has 1 aromatic carbocycles. The standard InChI is InChI=1S/C15H21N/c1-2-6-14-7-9-15(10-8-14)13-16-11-4-3-5-12-16/h2,7-10H,1,3-6,11-13H2. The number of allylic oxidation sites excluding steroid dienone is 1. The Morgan fingerprint density at radius 1 is 1.00 bits per heavy atom.